The Labute approximate surface area is 185 Å². The number of benzene rings is 1. The van der Waals surface area contributed by atoms with Gasteiger partial charge in [-0.25, -0.2) is 13.9 Å². The number of carbonyl (C=O) groups excluding carboxylic acids is 1. The standard InChI is InChI=1S/C21H20F4N6O2/c22-15-1-2-16(21(23,24)25)17(5-15)29-8-13-10-30(11-14(13)9-29)19(33)18-27-20-26-6-12(3-4-32)7-31(20)28-18/h1-2,5-7,13-14,32H,3-4,8-11H2/t13-,14+. The maximum absolute atomic E-state index is 13.7. The van der Waals surface area contributed by atoms with E-state index >= 15 is 0 Å². The zero-order valence-electron chi connectivity index (χ0n) is 17.3. The largest absolute Gasteiger partial charge is 0.418 e. The summed E-state index contributed by atoms with van der Waals surface area (Å²) in [5, 5.41) is 13.3. The van der Waals surface area contributed by atoms with Gasteiger partial charge in [0.05, 0.1) is 11.3 Å². The molecule has 2 atom stereocenters. The molecule has 33 heavy (non-hydrogen) atoms. The number of aliphatic hydroxyl groups excluding tert-OH is 1. The lowest BCUT2D eigenvalue weighted by Crippen LogP contribution is -2.34. The van der Waals surface area contributed by atoms with Crippen molar-refractivity contribution in [1.82, 2.24) is 24.5 Å². The van der Waals surface area contributed by atoms with Gasteiger partial charge in [0.15, 0.2) is 0 Å². The fourth-order valence-electron chi connectivity index (χ4n) is 4.67. The molecule has 0 unspecified atom stereocenters. The van der Waals surface area contributed by atoms with Crippen molar-refractivity contribution in [2.45, 2.75) is 12.6 Å². The number of nitrogens with zero attached hydrogens (tertiary/aromatic N) is 6. The highest BCUT2D eigenvalue weighted by Gasteiger charge is 2.44. The van der Waals surface area contributed by atoms with Crippen LogP contribution in [-0.2, 0) is 12.6 Å². The third-order valence-electron chi connectivity index (χ3n) is 6.22. The lowest BCUT2D eigenvalue weighted by Gasteiger charge is -2.25. The quantitative estimate of drug-likeness (QED) is 0.595. The number of amides is 1. The van der Waals surface area contributed by atoms with E-state index in [0.717, 1.165) is 23.8 Å². The fourth-order valence-corrected chi connectivity index (χ4v) is 4.67. The molecule has 0 radical (unpaired) electrons. The predicted octanol–water partition coefficient (Wildman–Crippen LogP) is 2.03. The normalized spacial score (nSPS) is 20.6. The number of aromatic nitrogens is 4. The second-order valence-electron chi connectivity index (χ2n) is 8.41. The smallest absolute Gasteiger partial charge is 0.396 e. The summed E-state index contributed by atoms with van der Waals surface area (Å²) in [4.78, 5) is 24.4. The molecule has 174 valence electrons. The highest BCUT2D eigenvalue weighted by molar-refractivity contribution is 5.91. The van der Waals surface area contributed by atoms with Crippen molar-refractivity contribution in [2.75, 3.05) is 37.7 Å². The molecule has 2 aliphatic heterocycles. The molecule has 2 aliphatic rings. The van der Waals surface area contributed by atoms with Crippen LogP contribution in [0.25, 0.3) is 5.78 Å². The Morgan fingerprint density at radius 1 is 1.15 bits per heavy atom. The number of aliphatic hydroxyl groups is 1. The number of likely N-dealkylation sites (tertiary alicyclic amines) is 1. The molecule has 2 aromatic heterocycles. The van der Waals surface area contributed by atoms with Gasteiger partial charge in [-0.2, -0.15) is 18.2 Å². The van der Waals surface area contributed by atoms with Crippen LogP contribution in [0.15, 0.2) is 30.6 Å². The summed E-state index contributed by atoms with van der Waals surface area (Å²) >= 11 is 0. The van der Waals surface area contributed by atoms with Gasteiger partial charge in [0.1, 0.15) is 5.82 Å². The maximum Gasteiger partial charge on any atom is 0.418 e. The summed E-state index contributed by atoms with van der Waals surface area (Å²) in [6, 6.07) is 2.50. The summed E-state index contributed by atoms with van der Waals surface area (Å²) < 4.78 is 55.3. The van der Waals surface area contributed by atoms with Crippen LogP contribution in [0.5, 0.6) is 0 Å². The number of carbonyl (C=O) groups is 1. The summed E-state index contributed by atoms with van der Waals surface area (Å²) in [7, 11) is 0. The molecule has 1 aromatic carbocycles. The molecule has 3 aromatic rings. The van der Waals surface area contributed by atoms with Crippen LogP contribution < -0.4 is 4.90 Å². The minimum absolute atomic E-state index is 0.00929. The predicted molar refractivity (Wildman–Crippen MR) is 108 cm³/mol. The first-order valence-corrected chi connectivity index (χ1v) is 10.5. The lowest BCUT2D eigenvalue weighted by molar-refractivity contribution is -0.137. The number of rotatable bonds is 4. The van der Waals surface area contributed by atoms with E-state index in [1.54, 1.807) is 22.2 Å². The van der Waals surface area contributed by atoms with Gasteiger partial charge in [0, 0.05) is 57.0 Å². The van der Waals surface area contributed by atoms with Crippen LogP contribution >= 0.6 is 0 Å². The van der Waals surface area contributed by atoms with Crippen molar-refractivity contribution in [3.63, 3.8) is 0 Å². The van der Waals surface area contributed by atoms with Gasteiger partial charge < -0.3 is 14.9 Å². The number of alkyl halides is 3. The van der Waals surface area contributed by atoms with Gasteiger partial charge in [-0.15, -0.1) is 5.10 Å². The topological polar surface area (TPSA) is 86.9 Å². The summed E-state index contributed by atoms with van der Waals surface area (Å²) in [6.07, 6.45) is -0.969. The van der Waals surface area contributed by atoms with Crippen molar-refractivity contribution < 1.29 is 27.5 Å². The average Bonchev–Trinajstić information content (AvgIpc) is 3.45. The zero-order valence-corrected chi connectivity index (χ0v) is 17.3. The van der Waals surface area contributed by atoms with Crippen LogP contribution in [0.3, 0.4) is 0 Å². The Bertz CT molecular complexity index is 1200. The van der Waals surface area contributed by atoms with Gasteiger partial charge in [0.2, 0.25) is 5.82 Å². The van der Waals surface area contributed by atoms with Crippen LogP contribution in [-0.4, -0.2) is 68.3 Å². The molecule has 0 saturated carbocycles. The number of halogens is 4. The van der Waals surface area contributed by atoms with Crippen molar-refractivity contribution >= 4 is 17.4 Å². The first-order chi connectivity index (χ1) is 15.7. The van der Waals surface area contributed by atoms with E-state index in [-0.39, 0.29) is 41.6 Å². The van der Waals surface area contributed by atoms with Crippen LogP contribution in [0.2, 0.25) is 0 Å². The number of anilines is 1. The Kier molecular flexibility index (Phi) is 5.19. The SMILES string of the molecule is O=C(c1nc2ncc(CCO)cn2n1)N1C[C@@H]2CN(c3cc(F)ccc3C(F)(F)F)C[C@@H]2C1. The second kappa shape index (κ2) is 7.94. The summed E-state index contributed by atoms with van der Waals surface area (Å²) in [5.74, 6) is -0.914. The highest BCUT2D eigenvalue weighted by Crippen LogP contribution is 2.41. The molecule has 4 heterocycles. The van der Waals surface area contributed by atoms with E-state index in [1.165, 1.54) is 4.52 Å². The second-order valence-corrected chi connectivity index (χ2v) is 8.41. The van der Waals surface area contributed by atoms with Crippen LogP contribution in [0.4, 0.5) is 23.2 Å². The number of fused-ring (bicyclic) bond motifs is 2. The van der Waals surface area contributed by atoms with Gasteiger partial charge in [-0.1, -0.05) is 0 Å². The molecule has 12 heteroatoms. The lowest BCUT2D eigenvalue weighted by atomic mass is 10.0. The van der Waals surface area contributed by atoms with Crippen LogP contribution in [0.1, 0.15) is 21.7 Å². The molecule has 0 spiro atoms. The first-order valence-electron chi connectivity index (χ1n) is 10.5. The number of hydrogen-bond donors (Lipinski definition) is 1. The van der Waals surface area contributed by atoms with E-state index in [9.17, 15) is 22.4 Å². The Morgan fingerprint density at radius 3 is 2.55 bits per heavy atom. The average molecular weight is 464 g/mol. The first kappa shape index (κ1) is 21.6. The van der Waals surface area contributed by atoms with Crippen molar-refractivity contribution in [2.24, 2.45) is 11.8 Å². The van der Waals surface area contributed by atoms with Crippen molar-refractivity contribution in [3.05, 3.63) is 53.4 Å². The van der Waals surface area contributed by atoms with Crippen LogP contribution in [0, 0.1) is 17.7 Å². The molecule has 5 rings (SSSR count). The molecule has 2 fully saturated rings. The summed E-state index contributed by atoms with van der Waals surface area (Å²) in [6.45, 7) is 1.27. The van der Waals surface area contributed by atoms with Gasteiger partial charge in [-0.05, 0) is 30.2 Å². The molecular formula is C21H20F4N6O2. The minimum atomic E-state index is -4.58. The molecule has 0 bridgehead atoms. The Morgan fingerprint density at radius 2 is 1.88 bits per heavy atom. The van der Waals surface area contributed by atoms with Gasteiger partial charge in [-0.3, -0.25) is 4.79 Å². The molecule has 2 saturated heterocycles. The van der Waals surface area contributed by atoms with Crippen molar-refractivity contribution in [1.29, 1.82) is 0 Å². The van der Waals surface area contributed by atoms with E-state index in [1.807, 2.05) is 0 Å². The third kappa shape index (κ3) is 3.99. The number of hydrogen-bond acceptors (Lipinski definition) is 6. The molecule has 0 aliphatic carbocycles. The molecule has 1 N–H and O–H groups in total. The highest BCUT2D eigenvalue weighted by atomic mass is 19.4. The maximum atomic E-state index is 13.7. The van der Waals surface area contributed by atoms with E-state index in [2.05, 4.69) is 15.1 Å². The van der Waals surface area contributed by atoms with E-state index in [0.29, 0.717) is 32.6 Å². The summed E-state index contributed by atoms with van der Waals surface area (Å²) in [5.41, 5.74) is -0.277. The Hall–Kier alpha value is -3.28. The minimum Gasteiger partial charge on any atom is -0.396 e. The molecule has 1 amide bonds. The Balaban J connectivity index is 1.30. The van der Waals surface area contributed by atoms with Gasteiger partial charge in [0.25, 0.3) is 11.7 Å². The third-order valence-corrected chi connectivity index (χ3v) is 6.22. The van der Waals surface area contributed by atoms with E-state index in [4.69, 9.17) is 5.11 Å². The monoisotopic (exact) mass is 464 g/mol. The van der Waals surface area contributed by atoms with E-state index < -0.39 is 17.6 Å². The molecule has 8 nitrogen and oxygen atoms in total. The molecular weight excluding hydrogens is 444 g/mol. The van der Waals surface area contributed by atoms with Crippen molar-refractivity contribution in [3.8, 4) is 0 Å². The van der Waals surface area contributed by atoms with Gasteiger partial charge >= 0.3 is 6.18 Å². The zero-order chi connectivity index (χ0) is 23.3. The fraction of sp³-hybridized carbons (Fsp3) is 0.429.